The van der Waals surface area contributed by atoms with Crippen LogP contribution < -0.4 is 10.1 Å². The Morgan fingerprint density at radius 1 is 1.05 bits per heavy atom. The van der Waals surface area contributed by atoms with Gasteiger partial charge in [0.1, 0.15) is 22.1 Å². The first-order valence-corrected chi connectivity index (χ1v) is 12.2. The predicted molar refractivity (Wildman–Crippen MR) is 146 cm³/mol. The van der Waals surface area contributed by atoms with E-state index in [0.717, 1.165) is 21.9 Å². The average Bonchev–Trinajstić information content (AvgIpc) is 3.41. The van der Waals surface area contributed by atoms with E-state index in [2.05, 4.69) is 10.4 Å². The molecule has 0 radical (unpaired) electrons. The van der Waals surface area contributed by atoms with Gasteiger partial charge in [-0.1, -0.05) is 60.1 Å². The fraction of sp³-hybridized carbons (Fsp3) is 0.138. The van der Waals surface area contributed by atoms with Gasteiger partial charge < -0.3 is 19.2 Å². The molecule has 0 unspecified atom stereocenters. The van der Waals surface area contributed by atoms with Gasteiger partial charge in [-0.3, -0.25) is 4.79 Å². The van der Waals surface area contributed by atoms with Crippen molar-refractivity contribution < 1.29 is 23.5 Å². The molecule has 0 aliphatic heterocycles. The Kier molecular flexibility index (Phi) is 7.15. The molecule has 5 rings (SSSR count). The highest BCUT2D eigenvalue weighted by Crippen LogP contribution is 2.36. The van der Waals surface area contributed by atoms with E-state index in [4.69, 9.17) is 25.5 Å². The van der Waals surface area contributed by atoms with Crippen LogP contribution in [0.25, 0.3) is 28.0 Å². The second-order valence-electron chi connectivity index (χ2n) is 8.57. The standard InChI is InChI=1S/C29H24ClN3O5/c1-18-20(29(30)33(32-18)16-19-8-4-3-5-9-19)12-13-28(35)37-17-27(34)31-23-15-25-22(14-26(23)36-2)21-10-6-7-11-24(21)38-25/h3-15H,16-17H2,1-2H3,(H,31,34)/b13-12+. The maximum absolute atomic E-state index is 12.5. The number of furan rings is 1. The number of anilines is 1. The molecular formula is C29H24ClN3O5. The topological polar surface area (TPSA) is 95.6 Å². The number of aromatic nitrogens is 2. The van der Waals surface area contributed by atoms with E-state index in [9.17, 15) is 9.59 Å². The van der Waals surface area contributed by atoms with Crippen LogP contribution >= 0.6 is 11.6 Å². The second kappa shape index (κ2) is 10.8. The molecule has 9 heteroatoms. The molecule has 0 saturated carbocycles. The molecule has 1 amide bonds. The number of hydrogen-bond donors (Lipinski definition) is 1. The van der Waals surface area contributed by atoms with E-state index in [1.807, 2.05) is 54.6 Å². The van der Waals surface area contributed by atoms with Crippen LogP contribution in [0.4, 0.5) is 5.69 Å². The SMILES string of the molecule is COc1cc2c(cc1NC(=O)COC(=O)/C=C/c1c(C)nn(Cc3ccccc3)c1Cl)oc1ccccc12. The fourth-order valence-electron chi connectivity index (χ4n) is 4.16. The van der Waals surface area contributed by atoms with Crippen LogP contribution in [0.5, 0.6) is 5.75 Å². The van der Waals surface area contributed by atoms with Gasteiger partial charge in [-0.05, 0) is 30.7 Å². The summed E-state index contributed by atoms with van der Waals surface area (Å²) in [5.74, 6) is -0.752. The molecule has 192 valence electrons. The number of aryl methyl sites for hydroxylation is 1. The van der Waals surface area contributed by atoms with E-state index in [1.54, 1.807) is 23.7 Å². The molecule has 3 aromatic carbocycles. The number of fused-ring (bicyclic) bond motifs is 3. The first kappa shape index (κ1) is 25.1. The smallest absolute Gasteiger partial charge is 0.331 e. The lowest BCUT2D eigenvalue weighted by atomic mass is 10.1. The highest BCUT2D eigenvalue weighted by atomic mass is 35.5. The molecule has 0 atom stereocenters. The number of methoxy groups -OCH3 is 1. The van der Waals surface area contributed by atoms with Crippen LogP contribution in [0.1, 0.15) is 16.8 Å². The van der Waals surface area contributed by atoms with Gasteiger partial charge in [0, 0.05) is 28.5 Å². The Labute approximate surface area is 223 Å². The minimum atomic E-state index is -0.689. The first-order valence-electron chi connectivity index (χ1n) is 11.8. The molecule has 0 aliphatic carbocycles. The largest absolute Gasteiger partial charge is 0.495 e. The summed E-state index contributed by atoms with van der Waals surface area (Å²) in [5, 5.41) is 9.38. The summed E-state index contributed by atoms with van der Waals surface area (Å²) in [7, 11) is 1.51. The molecule has 0 aliphatic rings. The molecule has 2 aromatic heterocycles. The zero-order chi connectivity index (χ0) is 26.6. The molecular weight excluding hydrogens is 506 g/mol. The molecule has 1 N–H and O–H groups in total. The van der Waals surface area contributed by atoms with Gasteiger partial charge in [0.15, 0.2) is 6.61 Å². The number of rotatable bonds is 8. The Hall–Kier alpha value is -4.56. The van der Waals surface area contributed by atoms with Crippen molar-refractivity contribution in [2.24, 2.45) is 0 Å². The number of carbonyl (C=O) groups is 2. The van der Waals surface area contributed by atoms with Crippen LogP contribution in [-0.4, -0.2) is 35.4 Å². The van der Waals surface area contributed by atoms with Crippen LogP contribution in [0.2, 0.25) is 5.15 Å². The highest BCUT2D eigenvalue weighted by molar-refractivity contribution is 6.31. The Morgan fingerprint density at radius 2 is 1.82 bits per heavy atom. The van der Waals surface area contributed by atoms with Crippen LogP contribution in [0.15, 0.2) is 77.2 Å². The minimum absolute atomic E-state index is 0.404. The fourth-order valence-corrected chi connectivity index (χ4v) is 4.46. The molecule has 2 heterocycles. The van der Waals surface area contributed by atoms with Gasteiger partial charge in [-0.15, -0.1) is 0 Å². The summed E-state index contributed by atoms with van der Waals surface area (Å²) < 4.78 is 18.1. The molecule has 8 nitrogen and oxygen atoms in total. The zero-order valence-electron chi connectivity index (χ0n) is 20.7. The quantitative estimate of drug-likeness (QED) is 0.196. The number of amides is 1. The zero-order valence-corrected chi connectivity index (χ0v) is 21.5. The van der Waals surface area contributed by atoms with Gasteiger partial charge in [0.25, 0.3) is 5.91 Å². The number of nitrogens with zero attached hydrogens (tertiary/aromatic N) is 2. The number of halogens is 1. The second-order valence-corrected chi connectivity index (χ2v) is 8.93. The van der Waals surface area contributed by atoms with E-state index < -0.39 is 18.5 Å². The summed E-state index contributed by atoms with van der Waals surface area (Å²) >= 11 is 6.49. The predicted octanol–water partition coefficient (Wildman–Crippen LogP) is 6.00. The highest BCUT2D eigenvalue weighted by Gasteiger charge is 2.16. The number of para-hydroxylation sites is 1. The third-order valence-corrected chi connectivity index (χ3v) is 6.39. The van der Waals surface area contributed by atoms with E-state index in [1.165, 1.54) is 19.3 Å². The summed E-state index contributed by atoms with van der Waals surface area (Å²) in [5.41, 5.74) is 4.06. The maximum Gasteiger partial charge on any atom is 0.331 e. The Morgan fingerprint density at radius 3 is 2.61 bits per heavy atom. The van der Waals surface area contributed by atoms with Crippen molar-refractivity contribution >= 4 is 57.2 Å². The molecule has 0 spiro atoms. The van der Waals surface area contributed by atoms with E-state index in [-0.39, 0.29) is 0 Å². The van der Waals surface area contributed by atoms with E-state index in [0.29, 0.717) is 40.0 Å². The monoisotopic (exact) mass is 529 g/mol. The van der Waals surface area contributed by atoms with Crippen molar-refractivity contribution in [2.45, 2.75) is 13.5 Å². The summed E-state index contributed by atoms with van der Waals surface area (Å²) in [6, 6.07) is 20.9. The molecule has 38 heavy (non-hydrogen) atoms. The van der Waals surface area contributed by atoms with Crippen molar-refractivity contribution in [1.29, 1.82) is 0 Å². The summed E-state index contributed by atoms with van der Waals surface area (Å²) in [6.07, 6.45) is 2.75. The average molecular weight is 530 g/mol. The maximum atomic E-state index is 12.5. The Balaban J connectivity index is 1.22. The van der Waals surface area contributed by atoms with Crippen LogP contribution in [-0.2, 0) is 20.9 Å². The van der Waals surface area contributed by atoms with Crippen molar-refractivity contribution in [3.8, 4) is 5.75 Å². The number of carbonyl (C=O) groups excluding carboxylic acids is 2. The van der Waals surface area contributed by atoms with Crippen molar-refractivity contribution in [3.05, 3.63) is 94.8 Å². The summed E-state index contributed by atoms with van der Waals surface area (Å²) in [4.78, 5) is 24.8. The van der Waals surface area contributed by atoms with Crippen LogP contribution in [0.3, 0.4) is 0 Å². The molecule has 0 bridgehead atoms. The lowest BCUT2D eigenvalue weighted by Gasteiger charge is -2.10. The Bertz CT molecular complexity index is 1670. The van der Waals surface area contributed by atoms with Gasteiger partial charge in [0.2, 0.25) is 0 Å². The lowest BCUT2D eigenvalue weighted by Crippen LogP contribution is -2.20. The lowest BCUT2D eigenvalue weighted by molar-refractivity contribution is -0.142. The van der Waals surface area contributed by atoms with Crippen molar-refractivity contribution in [2.75, 3.05) is 19.0 Å². The third-order valence-electron chi connectivity index (χ3n) is 5.99. The molecule has 0 fully saturated rings. The van der Waals surface area contributed by atoms with Gasteiger partial charge in [0.05, 0.1) is 25.0 Å². The summed E-state index contributed by atoms with van der Waals surface area (Å²) in [6.45, 7) is 1.82. The normalized spacial score (nSPS) is 11.3. The minimum Gasteiger partial charge on any atom is -0.495 e. The van der Waals surface area contributed by atoms with E-state index >= 15 is 0 Å². The van der Waals surface area contributed by atoms with Crippen LogP contribution in [0, 0.1) is 6.92 Å². The van der Waals surface area contributed by atoms with Crippen molar-refractivity contribution in [1.82, 2.24) is 9.78 Å². The first-order chi connectivity index (χ1) is 18.4. The third kappa shape index (κ3) is 5.26. The number of esters is 1. The number of nitrogens with one attached hydrogen (secondary N) is 1. The molecule has 5 aromatic rings. The molecule has 0 saturated heterocycles. The van der Waals surface area contributed by atoms with Gasteiger partial charge in [-0.25, -0.2) is 9.48 Å². The van der Waals surface area contributed by atoms with Crippen molar-refractivity contribution in [3.63, 3.8) is 0 Å². The number of benzene rings is 3. The van der Waals surface area contributed by atoms with Gasteiger partial charge >= 0.3 is 5.97 Å². The van der Waals surface area contributed by atoms with Gasteiger partial charge in [-0.2, -0.15) is 5.10 Å². The number of hydrogen-bond acceptors (Lipinski definition) is 6. The number of ether oxygens (including phenoxy) is 2.